The summed E-state index contributed by atoms with van der Waals surface area (Å²) in [5.74, 6) is 0. The van der Waals surface area contributed by atoms with Crippen molar-refractivity contribution in [2.45, 2.75) is 52.2 Å². The van der Waals surface area contributed by atoms with Crippen molar-refractivity contribution in [3.8, 4) is 0 Å². The van der Waals surface area contributed by atoms with Gasteiger partial charge in [0.2, 0.25) is 0 Å². The molecule has 0 bridgehead atoms. The average molecular weight is 185 g/mol. The fourth-order valence-electron chi connectivity index (χ4n) is 1.93. The third kappa shape index (κ3) is 3.65. The predicted molar refractivity (Wildman–Crippen MR) is 55.7 cm³/mol. The fraction of sp³-hybridized carbons (Fsp3) is 1.00. The van der Waals surface area contributed by atoms with E-state index in [-0.39, 0.29) is 0 Å². The fourth-order valence-corrected chi connectivity index (χ4v) is 1.93. The SMILES string of the molecule is CCCCCCC1OCCN1CC. The molecule has 2 nitrogen and oxygen atoms in total. The smallest absolute Gasteiger partial charge is 0.110 e. The molecule has 0 amide bonds. The summed E-state index contributed by atoms with van der Waals surface area (Å²) in [6, 6.07) is 0. The van der Waals surface area contributed by atoms with Gasteiger partial charge < -0.3 is 4.74 Å². The molecule has 1 unspecified atom stereocenters. The summed E-state index contributed by atoms with van der Waals surface area (Å²) in [5.41, 5.74) is 0. The van der Waals surface area contributed by atoms with Crippen LogP contribution < -0.4 is 0 Å². The normalized spacial score (nSPS) is 24.0. The van der Waals surface area contributed by atoms with E-state index < -0.39 is 0 Å². The van der Waals surface area contributed by atoms with Crippen molar-refractivity contribution in [3.63, 3.8) is 0 Å². The van der Waals surface area contributed by atoms with Crippen molar-refractivity contribution in [2.75, 3.05) is 19.7 Å². The summed E-state index contributed by atoms with van der Waals surface area (Å²) in [6.07, 6.45) is 7.06. The highest BCUT2D eigenvalue weighted by atomic mass is 16.5. The Balaban J connectivity index is 2.06. The molecule has 0 radical (unpaired) electrons. The molecule has 0 saturated carbocycles. The summed E-state index contributed by atoms with van der Waals surface area (Å²) in [4.78, 5) is 2.44. The molecule has 0 spiro atoms. The second-order valence-corrected chi connectivity index (χ2v) is 3.80. The van der Waals surface area contributed by atoms with Crippen LogP contribution >= 0.6 is 0 Å². The van der Waals surface area contributed by atoms with Crippen LogP contribution in [0.15, 0.2) is 0 Å². The topological polar surface area (TPSA) is 12.5 Å². The molecule has 0 N–H and O–H groups in total. The van der Waals surface area contributed by atoms with Gasteiger partial charge in [-0.1, -0.05) is 33.1 Å². The maximum absolute atomic E-state index is 5.66. The Morgan fingerprint density at radius 2 is 2.08 bits per heavy atom. The molecule has 78 valence electrons. The first-order chi connectivity index (χ1) is 6.38. The van der Waals surface area contributed by atoms with Crippen LogP contribution in [0.25, 0.3) is 0 Å². The summed E-state index contributed by atoms with van der Waals surface area (Å²) >= 11 is 0. The molecule has 1 rings (SSSR count). The highest BCUT2D eigenvalue weighted by Crippen LogP contribution is 2.16. The average Bonchev–Trinajstić information content (AvgIpc) is 2.60. The van der Waals surface area contributed by atoms with Crippen molar-refractivity contribution < 1.29 is 4.74 Å². The van der Waals surface area contributed by atoms with Crippen molar-refractivity contribution >= 4 is 0 Å². The number of rotatable bonds is 6. The van der Waals surface area contributed by atoms with Gasteiger partial charge in [0.15, 0.2) is 0 Å². The van der Waals surface area contributed by atoms with Crippen molar-refractivity contribution in [1.29, 1.82) is 0 Å². The lowest BCUT2D eigenvalue weighted by molar-refractivity contribution is 0.0278. The molecule has 0 aliphatic carbocycles. The second kappa shape index (κ2) is 6.39. The zero-order valence-corrected chi connectivity index (χ0v) is 9.09. The summed E-state index contributed by atoms with van der Waals surface area (Å²) in [7, 11) is 0. The van der Waals surface area contributed by atoms with Crippen LogP contribution in [0, 0.1) is 0 Å². The van der Waals surface area contributed by atoms with Crippen LogP contribution in [-0.2, 0) is 4.74 Å². The number of unbranched alkanes of at least 4 members (excludes halogenated alkanes) is 3. The van der Waals surface area contributed by atoms with Crippen LogP contribution in [0.4, 0.5) is 0 Å². The minimum atomic E-state index is 0.432. The summed E-state index contributed by atoms with van der Waals surface area (Å²) < 4.78 is 5.66. The van der Waals surface area contributed by atoms with Crippen LogP contribution in [0.3, 0.4) is 0 Å². The van der Waals surface area contributed by atoms with Gasteiger partial charge >= 0.3 is 0 Å². The van der Waals surface area contributed by atoms with E-state index in [2.05, 4.69) is 18.7 Å². The molecule has 1 aliphatic rings. The Hall–Kier alpha value is -0.0800. The lowest BCUT2D eigenvalue weighted by Gasteiger charge is -2.20. The molecule has 1 fully saturated rings. The highest BCUT2D eigenvalue weighted by Gasteiger charge is 2.22. The third-order valence-electron chi connectivity index (χ3n) is 2.81. The summed E-state index contributed by atoms with van der Waals surface area (Å²) in [6.45, 7) is 7.68. The van der Waals surface area contributed by atoms with Gasteiger partial charge in [0.05, 0.1) is 6.61 Å². The Morgan fingerprint density at radius 3 is 2.77 bits per heavy atom. The summed E-state index contributed by atoms with van der Waals surface area (Å²) in [5, 5.41) is 0. The van der Waals surface area contributed by atoms with Gasteiger partial charge in [0.1, 0.15) is 6.23 Å². The molecular weight excluding hydrogens is 162 g/mol. The molecular formula is C11H23NO. The molecule has 1 heterocycles. The van der Waals surface area contributed by atoms with Crippen molar-refractivity contribution in [3.05, 3.63) is 0 Å². The number of ether oxygens (including phenoxy) is 1. The minimum absolute atomic E-state index is 0.432. The number of hydrogen-bond donors (Lipinski definition) is 0. The Kier molecular flexibility index (Phi) is 5.40. The van der Waals surface area contributed by atoms with Gasteiger partial charge in [-0.05, 0) is 19.4 Å². The molecule has 0 aromatic heterocycles. The lowest BCUT2D eigenvalue weighted by atomic mass is 10.1. The maximum Gasteiger partial charge on any atom is 0.110 e. The van der Waals surface area contributed by atoms with Gasteiger partial charge in [0, 0.05) is 6.54 Å². The van der Waals surface area contributed by atoms with Crippen LogP contribution in [0.1, 0.15) is 46.0 Å². The van der Waals surface area contributed by atoms with Gasteiger partial charge in [-0.2, -0.15) is 0 Å². The number of hydrogen-bond acceptors (Lipinski definition) is 2. The molecule has 13 heavy (non-hydrogen) atoms. The van der Waals surface area contributed by atoms with E-state index in [9.17, 15) is 0 Å². The van der Waals surface area contributed by atoms with Crippen LogP contribution in [-0.4, -0.2) is 30.8 Å². The molecule has 1 saturated heterocycles. The number of likely N-dealkylation sites (N-methyl/N-ethyl adjacent to an activating group) is 1. The first kappa shape index (κ1) is 11.0. The minimum Gasteiger partial charge on any atom is -0.362 e. The molecule has 1 aliphatic heterocycles. The maximum atomic E-state index is 5.66. The monoisotopic (exact) mass is 185 g/mol. The van der Waals surface area contributed by atoms with Gasteiger partial charge in [0.25, 0.3) is 0 Å². The Labute approximate surface area is 82.3 Å². The van der Waals surface area contributed by atoms with E-state index in [0.717, 1.165) is 19.7 Å². The van der Waals surface area contributed by atoms with E-state index in [1.54, 1.807) is 0 Å². The first-order valence-electron chi connectivity index (χ1n) is 5.74. The molecule has 0 aromatic rings. The molecule has 0 aromatic carbocycles. The first-order valence-corrected chi connectivity index (χ1v) is 5.74. The van der Waals surface area contributed by atoms with E-state index in [0.29, 0.717) is 6.23 Å². The lowest BCUT2D eigenvalue weighted by Crippen LogP contribution is -2.29. The van der Waals surface area contributed by atoms with E-state index >= 15 is 0 Å². The van der Waals surface area contributed by atoms with Gasteiger partial charge in [-0.3, -0.25) is 4.90 Å². The zero-order chi connectivity index (χ0) is 9.52. The second-order valence-electron chi connectivity index (χ2n) is 3.80. The zero-order valence-electron chi connectivity index (χ0n) is 9.09. The third-order valence-corrected chi connectivity index (χ3v) is 2.81. The highest BCUT2D eigenvalue weighted by molar-refractivity contribution is 4.68. The largest absolute Gasteiger partial charge is 0.362 e. The predicted octanol–water partition coefficient (Wildman–Crippen LogP) is 2.64. The Bertz CT molecular complexity index is 127. The van der Waals surface area contributed by atoms with Crippen molar-refractivity contribution in [1.82, 2.24) is 4.90 Å². The van der Waals surface area contributed by atoms with Crippen LogP contribution in [0.5, 0.6) is 0 Å². The van der Waals surface area contributed by atoms with E-state index in [1.165, 1.54) is 32.1 Å². The van der Waals surface area contributed by atoms with Gasteiger partial charge in [-0.15, -0.1) is 0 Å². The Morgan fingerprint density at radius 1 is 1.23 bits per heavy atom. The van der Waals surface area contributed by atoms with Crippen molar-refractivity contribution in [2.24, 2.45) is 0 Å². The van der Waals surface area contributed by atoms with Crippen LogP contribution in [0.2, 0.25) is 0 Å². The van der Waals surface area contributed by atoms with E-state index in [1.807, 2.05) is 0 Å². The standard InChI is InChI=1S/C11H23NO/c1-3-5-6-7-8-11-12(4-2)9-10-13-11/h11H,3-10H2,1-2H3. The molecule has 2 heteroatoms. The quantitative estimate of drug-likeness (QED) is 0.590. The number of nitrogens with zero attached hydrogens (tertiary/aromatic N) is 1. The van der Waals surface area contributed by atoms with E-state index in [4.69, 9.17) is 4.74 Å². The molecule has 1 atom stereocenters. The van der Waals surface area contributed by atoms with Gasteiger partial charge in [-0.25, -0.2) is 0 Å².